The monoisotopic (exact) mass is 342 g/mol. The van der Waals surface area contributed by atoms with Crippen molar-refractivity contribution in [2.75, 3.05) is 10.6 Å². The van der Waals surface area contributed by atoms with Gasteiger partial charge in [-0.25, -0.2) is 4.39 Å². The van der Waals surface area contributed by atoms with Crippen molar-refractivity contribution in [3.05, 3.63) is 77.2 Å². The van der Waals surface area contributed by atoms with Gasteiger partial charge in [-0.2, -0.15) is 0 Å². The van der Waals surface area contributed by atoms with Gasteiger partial charge in [0.2, 0.25) is 0 Å². The molecule has 24 heavy (non-hydrogen) atoms. The number of nitrogens with zero attached hydrogens (tertiary/aromatic N) is 2. The van der Waals surface area contributed by atoms with E-state index in [1.165, 1.54) is 18.2 Å². The maximum absolute atomic E-state index is 13.1. The quantitative estimate of drug-likeness (QED) is 0.743. The molecule has 0 aliphatic carbocycles. The third-order valence-electron chi connectivity index (χ3n) is 3.12. The Morgan fingerprint density at radius 2 is 1.83 bits per heavy atom. The van der Waals surface area contributed by atoms with Gasteiger partial charge in [-0.1, -0.05) is 29.8 Å². The van der Waals surface area contributed by atoms with Crippen LogP contribution < -0.4 is 10.6 Å². The standard InChI is InChI=1S/C17H12ClFN4O/c18-13-6-1-2-7-14(13)21-17(24)15-8-9-16(23-22-15)20-12-5-3-4-11(19)10-12/h1-10H,(H,20,23)(H,21,24). The first-order valence-corrected chi connectivity index (χ1v) is 7.42. The average Bonchev–Trinajstić information content (AvgIpc) is 2.57. The summed E-state index contributed by atoms with van der Waals surface area (Å²) in [5.41, 5.74) is 1.17. The molecule has 0 aliphatic heterocycles. The lowest BCUT2D eigenvalue weighted by molar-refractivity contribution is 0.102. The summed E-state index contributed by atoms with van der Waals surface area (Å²) in [6, 6.07) is 15.9. The number of benzene rings is 2. The zero-order valence-electron chi connectivity index (χ0n) is 12.3. The van der Waals surface area contributed by atoms with Crippen molar-refractivity contribution >= 4 is 34.7 Å². The molecule has 0 spiro atoms. The Kier molecular flexibility index (Phi) is 4.67. The van der Waals surface area contributed by atoms with Gasteiger partial charge >= 0.3 is 0 Å². The van der Waals surface area contributed by atoms with E-state index in [9.17, 15) is 9.18 Å². The van der Waals surface area contributed by atoms with Gasteiger partial charge in [0.15, 0.2) is 11.5 Å². The molecule has 7 heteroatoms. The molecular weight excluding hydrogens is 331 g/mol. The number of carbonyl (C=O) groups is 1. The maximum Gasteiger partial charge on any atom is 0.276 e. The Morgan fingerprint density at radius 3 is 2.54 bits per heavy atom. The van der Waals surface area contributed by atoms with Crippen LogP contribution in [0.25, 0.3) is 0 Å². The van der Waals surface area contributed by atoms with Crippen LogP contribution in [0.3, 0.4) is 0 Å². The van der Waals surface area contributed by atoms with E-state index < -0.39 is 5.91 Å². The highest BCUT2D eigenvalue weighted by Gasteiger charge is 2.10. The van der Waals surface area contributed by atoms with Gasteiger partial charge in [0.1, 0.15) is 5.82 Å². The van der Waals surface area contributed by atoms with Crippen LogP contribution >= 0.6 is 11.6 Å². The minimum Gasteiger partial charge on any atom is -0.339 e. The summed E-state index contributed by atoms with van der Waals surface area (Å²) >= 11 is 5.99. The van der Waals surface area contributed by atoms with Gasteiger partial charge in [-0.05, 0) is 42.5 Å². The number of carbonyl (C=O) groups excluding carboxylic acids is 1. The largest absolute Gasteiger partial charge is 0.339 e. The zero-order chi connectivity index (χ0) is 16.9. The third kappa shape index (κ3) is 3.85. The molecule has 5 nitrogen and oxygen atoms in total. The SMILES string of the molecule is O=C(Nc1ccccc1Cl)c1ccc(Nc2cccc(F)c2)nn1. The number of nitrogens with one attached hydrogen (secondary N) is 2. The topological polar surface area (TPSA) is 66.9 Å². The third-order valence-corrected chi connectivity index (χ3v) is 3.45. The summed E-state index contributed by atoms with van der Waals surface area (Å²) in [6.45, 7) is 0. The minimum atomic E-state index is -0.423. The van der Waals surface area contributed by atoms with E-state index in [-0.39, 0.29) is 11.5 Å². The van der Waals surface area contributed by atoms with Crippen molar-refractivity contribution in [2.45, 2.75) is 0 Å². The molecule has 2 N–H and O–H groups in total. The molecule has 0 bridgehead atoms. The predicted octanol–water partition coefficient (Wildman–Crippen LogP) is 4.27. The Balaban J connectivity index is 1.70. The molecule has 0 aliphatic rings. The molecular formula is C17H12ClFN4O. The molecule has 0 saturated heterocycles. The second-order valence-electron chi connectivity index (χ2n) is 4.87. The smallest absolute Gasteiger partial charge is 0.276 e. The number of amides is 1. The van der Waals surface area contributed by atoms with Crippen LogP contribution in [-0.2, 0) is 0 Å². The number of aromatic nitrogens is 2. The number of anilines is 3. The van der Waals surface area contributed by atoms with E-state index >= 15 is 0 Å². The van der Waals surface area contributed by atoms with Crippen molar-refractivity contribution in [1.82, 2.24) is 10.2 Å². The number of para-hydroxylation sites is 1. The van der Waals surface area contributed by atoms with Crippen molar-refractivity contribution < 1.29 is 9.18 Å². The van der Waals surface area contributed by atoms with Gasteiger partial charge in [0, 0.05) is 5.69 Å². The highest BCUT2D eigenvalue weighted by atomic mass is 35.5. The number of halogens is 2. The first-order valence-electron chi connectivity index (χ1n) is 7.04. The lowest BCUT2D eigenvalue weighted by Crippen LogP contribution is -2.14. The first kappa shape index (κ1) is 15.9. The number of hydrogen-bond acceptors (Lipinski definition) is 4. The number of hydrogen-bond donors (Lipinski definition) is 2. The molecule has 0 unspecified atom stereocenters. The fourth-order valence-corrected chi connectivity index (χ4v) is 2.17. The van der Waals surface area contributed by atoms with Crippen LogP contribution in [0.15, 0.2) is 60.7 Å². The molecule has 3 rings (SSSR count). The summed E-state index contributed by atoms with van der Waals surface area (Å²) in [7, 11) is 0. The van der Waals surface area contributed by atoms with E-state index in [1.807, 2.05) is 0 Å². The van der Waals surface area contributed by atoms with Gasteiger partial charge in [-0.3, -0.25) is 4.79 Å². The Bertz CT molecular complexity index is 870. The number of rotatable bonds is 4. The van der Waals surface area contributed by atoms with Gasteiger partial charge < -0.3 is 10.6 Å². The fraction of sp³-hybridized carbons (Fsp3) is 0. The zero-order valence-corrected chi connectivity index (χ0v) is 13.1. The summed E-state index contributed by atoms with van der Waals surface area (Å²) in [5.74, 6) is -0.383. The minimum absolute atomic E-state index is 0.139. The lowest BCUT2D eigenvalue weighted by atomic mass is 10.3. The van der Waals surface area contributed by atoms with Crippen LogP contribution in [0.5, 0.6) is 0 Å². The van der Waals surface area contributed by atoms with Crippen molar-refractivity contribution in [3.63, 3.8) is 0 Å². The molecule has 1 amide bonds. The molecule has 1 heterocycles. The van der Waals surface area contributed by atoms with Crippen LogP contribution in [0.2, 0.25) is 5.02 Å². The summed E-state index contributed by atoms with van der Waals surface area (Å²) < 4.78 is 13.1. The van der Waals surface area contributed by atoms with E-state index in [0.717, 1.165) is 0 Å². The van der Waals surface area contributed by atoms with Crippen molar-refractivity contribution in [1.29, 1.82) is 0 Å². The average molecular weight is 343 g/mol. The summed E-state index contributed by atoms with van der Waals surface area (Å²) in [5, 5.41) is 13.8. The van der Waals surface area contributed by atoms with E-state index in [1.54, 1.807) is 42.5 Å². The van der Waals surface area contributed by atoms with Gasteiger partial charge in [-0.15, -0.1) is 10.2 Å². The van der Waals surface area contributed by atoms with E-state index in [2.05, 4.69) is 20.8 Å². The molecule has 0 atom stereocenters. The van der Waals surface area contributed by atoms with Crippen molar-refractivity contribution in [3.8, 4) is 0 Å². The normalized spacial score (nSPS) is 10.2. The van der Waals surface area contributed by atoms with E-state index in [0.29, 0.717) is 22.2 Å². The Labute approximate surface area is 142 Å². The maximum atomic E-state index is 13.1. The van der Waals surface area contributed by atoms with Gasteiger partial charge in [0.25, 0.3) is 5.91 Å². The highest BCUT2D eigenvalue weighted by molar-refractivity contribution is 6.33. The molecule has 0 fully saturated rings. The molecule has 3 aromatic rings. The first-order chi connectivity index (χ1) is 11.6. The Morgan fingerprint density at radius 1 is 1.00 bits per heavy atom. The molecule has 120 valence electrons. The summed E-state index contributed by atoms with van der Waals surface area (Å²) in [6.07, 6.45) is 0. The lowest BCUT2D eigenvalue weighted by Gasteiger charge is -2.07. The summed E-state index contributed by atoms with van der Waals surface area (Å²) in [4.78, 5) is 12.1. The highest BCUT2D eigenvalue weighted by Crippen LogP contribution is 2.21. The second kappa shape index (κ2) is 7.06. The predicted molar refractivity (Wildman–Crippen MR) is 91.1 cm³/mol. The van der Waals surface area contributed by atoms with E-state index in [4.69, 9.17) is 11.6 Å². The molecule has 2 aromatic carbocycles. The second-order valence-corrected chi connectivity index (χ2v) is 5.28. The van der Waals surface area contributed by atoms with Crippen LogP contribution in [-0.4, -0.2) is 16.1 Å². The van der Waals surface area contributed by atoms with Crippen LogP contribution in [0, 0.1) is 5.82 Å². The van der Waals surface area contributed by atoms with Crippen LogP contribution in [0.4, 0.5) is 21.6 Å². The molecule has 1 aromatic heterocycles. The van der Waals surface area contributed by atoms with Crippen molar-refractivity contribution in [2.24, 2.45) is 0 Å². The Hall–Kier alpha value is -2.99. The fourth-order valence-electron chi connectivity index (χ4n) is 1.98. The van der Waals surface area contributed by atoms with Crippen LogP contribution in [0.1, 0.15) is 10.5 Å². The molecule has 0 saturated carbocycles. The van der Waals surface area contributed by atoms with Gasteiger partial charge in [0.05, 0.1) is 10.7 Å². The molecule has 0 radical (unpaired) electrons.